The van der Waals surface area contributed by atoms with Crippen molar-refractivity contribution in [3.63, 3.8) is 0 Å². The molecule has 0 radical (unpaired) electrons. The van der Waals surface area contributed by atoms with Gasteiger partial charge in [-0.2, -0.15) is 0 Å². The summed E-state index contributed by atoms with van der Waals surface area (Å²) in [6.07, 6.45) is 0. The maximum absolute atomic E-state index is 5.54. The summed E-state index contributed by atoms with van der Waals surface area (Å²) < 4.78 is 7.80. The fourth-order valence-electron chi connectivity index (χ4n) is 2.12. The molecule has 0 spiro atoms. The molecule has 2 aromatic carbocycles. The molecule has 0 amide bonds. The van der Waals surface area contributed by atoms with Crippen molar-refractivity contribution in [1.82, 2.24) is 5.16 Å². The first kappa shape index (κ1) is 13.8. The number of aryl methyl sites for hydroxylation is 1. The number of halogens is 2. The zero-order chi connectivity index (χ0) is 14.1. The van der Waals surface area contributed by atoms with Crippen molar-refractivity contribution in [2.45, 2.75) is 6.92 Å². The van der Waals surface area contributed by atoms with Gasteiger partial charge in [0.15, 0.2) is 5.76 Å². The van der Waals surface area contributed by atoms with E-state index in [9.17, 15) is 0 Å². The second kappa shape index (κ2) is 5.69. The van der Waals surface area contributed by atoms with E-state index in [0.29, 0.717) is 0 Å². The van der Waals surface area contributed by atoms with Crippen molar-refractivity contribution >= 4 is 38.5 Å². The largest absolute Gasteiger partial charge is 0.355 e. The Kier molecular flexibility index (Phi) is 3.94. The normalized spacial score (nSPS) is 10.8. The minimum atomic E-state index is 0.816. The number of rotatable bonds is 2. The molecule has 4 heteroatoms. The molecule has 2 nitrogen and oxygen atoms in total. The molecule has 0 N–H and O–H groups in total. The maximum Gasteiger partial charge on any atom is 0.174 e. The molecule has 1 aromatic heterocycles. The smallest absolute Gasteiger partial charge is 0.174 e. The minimum absolute atomic E-state index is 0.816. The summed E-state index contributed by atoms with van der Waals surface area (Å²) in [5.74, 6) is 0.816. The molecule has 0 saturated carbocycles. The predicted molar refractivity (Wildman–Crippen MR) is 92.5 cm³/mol. The zero-order valence-electron chi connectivity index (χ0n) is 10.7. The van der Waals surface area contributed by atoms with Gasteiger partial charge in [-0.05, 0) is 71.5 Å². The van der Waals surface area contributed by atoms with Gasteiger partial charge in [0.05, 0.1) is 11.3 Å². The first-order chi connectivity index (χ1) is 9.65. The summed E-state index contributed by atoms with van der Waals surface area (Å²) in [5.41, 5.74) is 4.12. The lowest BCUT2D eigenvalue weighted by atomic mass is 10.0. The summed E-state index contributed by atoms with van der Waals surface area (Å²) in [7, 11) is 0. The lowest BCUT2D eigenvalue weighted by Gasteiger charge is -2.03. The topological polar surface area (TPSA) is 26.0 Å². The molecule has 1 heterocycles. The van der Waals surface area contributed by atoms with Gasteiger partial charge < -0.3 is 4.52 Å². The average Bonchev–Trinajstić information content (AvgIpc) is 2.83. The van der Waals surface area contributed by atoms with Crippen LogP contribution in [0.4, 0.5) is 0 Å². The van der Waals surface area contributed by atoms with Gasteiger partial charge in [0.1, 0.15) is 0 Å². The van der Waals surface area contributed by atoms with E-state index in [1.54, 1.807) is 0 Å². The van der Waals surface area contributed by atoms with E-state index in [1.165, 1.54) is 3.57 Å². The van der Waals surface area contributed by atoms with Crippen molar-refractivity contribution in [3.05, 3.63) is 62.3 Å². The Hall–Kier alpha value is -1.14. The van der Waals surface area contributed by atoms with Gasteiger partial charge in [-0.15, -0.1) is 0 Å². The summed E-state index contributed by atoms with van der Waals surface area (Å²) >= 11 is 5.75. The van der Waals surface area contributed by atoms with Crippen LogP contribution in [-0.4, -0.2) is 5.16 Å². The van der Waals surface area contributed by atoms with Gasteiger partial charge in [-0.25, -0.2) is 0 Å². The molecule has 0 unspecified atom stereocenters. The lowest BCUT2D eigenvalue weighted by molar-refractivity contribution is 0.427. The Morgan fingerprint density at radius 3 is 2.20 bits per heavy atom. The van der Waals surface area contributed by atoms with Crippen molar-refractivity contribution in [2.75, 3.05) is 0 Å². The van der Waals surface area contributed by atoms with Gasteiger partial charge in [0, 0.05) is 13.6 Å². The summed E-state index contributed by atoms with van der Waals surface area (Å²) in [6, 6.07) is 16.4. The Labute approximate surface area is 139 Å². The molecule has 3 aromatic rings. The van der Waals surface area contributed by atoms with Gasteiger partial charge in [0.2, 0.25) is 0 Å². The van der Waals surface area contributed by atoms with Gasteiger partial charge in [-0.3, -0.25) is 0 Å². The van der Waals surface area contributed by atoms with Crippen LogP contribution in [0.2, 0.25) is 0 Å². The fourth-order valence-corrected chi connectivity index (χ4v) is 2.75. The van der Waals surface area contributed by atoms with Crippen molar-refractivity contribution in [2.24, 2.45) is 0 Å². The number of benzene rings is 2. The SMILES string of the molecule is Cc1noc(-c2ccc(Br)cc2)c1-c1ccc(I)cc1. The van der Waals surface area contributed by atoms with Crippen LogP contribution in [0.3, 0.4) is 0 Å². The minimum Gasteiger partial charge on any atom is -0.355 e. The molecule has 20 heavy (non-hydrogen) atoms. The van der Waals surface area contributed by atoms with Crippen molar-refractivity contribution in [1.29, 1.82) is 0 Å². The summed E-state index contributed by atoms with van der Waals surface area (Å²) in [4.78, 5) is 0. The average molecular weight is 440 g/mol. The van der Waals surface area contributed by atoms with E-state index in [4.69, 9.17) is 4.52 Å². The first-order valence-electron chi connectivity index (χ1n) is 6.13. The monoisotopic (exact) mass is 439 g/mol. The van der Waals surface area contributed by atoms with E-state index in [0.717, 1.165) is 32.6 Å². The highest BCUT2D eigenvalue weighted by atomic mass is 127. The Morgan fingerprint density at radius 2 is 1.55 bits per heavy atom. The molecule has 0 atom stereocenters. The Bertz CT molecular complexity index is 732. The molecule has 3 rings (SSSR count). The fraction of sp³-hybridized carbons (Fsp3) is 0.0625. The van der Waals surface area contributed by atoms with E-state index in [-0.39, 0.29) is 0 Å². The standard InChI is InChI=1S/C16H11BrINO/c1-10-15(11-4-8-14(18)9-5-11)16(20-19-10)12-2-6-13(17)7-3-12/h2-9H,1H3. The quantitative estimate of drug-likeness (QED) is 0.480. The van der Waals surface area contributed by atoms with E-state index < -0.39 is 0 Å². The van der Waals surface area contributed by atoms with Crippen LogP contribution in [-0.2, 0) is 0 Å². The molecular formula is C16H11BrINO. The van der Waals surface area contributed by atoms with Gasteiger partial charge >= 0.3 is 0 Å². The van der Waals surface area contributed by atoms with E-state index in [2.05, 4.69) is 67.9 Å². The predicted octanol–water partition coefficient (Wildman–Crippen LogP) is 5.68. The van der Waals surface area contributed by atoms with Gasteiger partial charge in [-0.1, -0.05) is 33.2 Å². The molecule has 0 fully saturated rings. The van der Waals surface area contributed by atoms with Gasteiger partial charge in [0.25, 0.3) is 0 Å². The van der Waals surface area contributed by atoms with Crippen LogP contribution in [0.1, 0.15) is 5.69 Å². The van der Waals surface area contributed by atoms with Crippen molar-refractivity contribution < 1.29 is 4.52 Å². The third kappa shape index (κ3) is 2.67. The highest BCUT2D eigenvalue weighted by molar-refractivity contribution is 14.1. The first-order valence-corrected chi connectivity index (χ1v) is 8.00. The van der Waals surface area contributed by atoms with Crippen LogP contribution in [0.5, 0.6) is 0 Å². The molecule has 0 saturated heterocycles. The molecule has 0 aliphatic carbocycles. The number of nitrogens with zero attached hydrogens (tertiary/aromatic N) is 1. The molecule has 0 aliphatic heterocycles. The van der Waals surface area contributed by atoms with E-state index in [1.807, 2.05) is 31.2 Å². The Morgan fingerprint density at radius 1 is 0.950 bits per heavy atom. The zero-order valence-corrected chi connectivity index (χ0v) is 14.5. The van der Waals surface area contributed by atoms with Crippen LogP contribution < -0.4 is 0 Å². The second-order valence-electron chi connectivity index (χ2n) is 4.49. The summed E-state index contributed by atoms with van der Waals surface area (Å²) in [5, 5.41) is 4.13. The molecule has 0 aliphatic rings. The summed E-state index contributed by atoms with van der Waals surface area (Å²) in [6.45, 7) is 1.97. The van der Waals surface area contributed by atoms with Crippen LogP contribution in [0.25, 0.3) is 22.5 Å². The van der Waals surface area contributed by atoms with Crippen LogP contribution in [0, 0.1) is 10.5 Å². The van der Waals surface area contributed by atoms with Crippen LogP contribution >= 0.6 is 38.5 Å². The third-order valence-corrected chi connectivity index (χ3v) is 4.35. The lowest BCUT2D eigenvalue weighted by Crippen LogP contribution is -1.83. The highest BCUT2D eigenvalue weighted by Gasteiger charge is 2.16. The second-order valence-corrected chi connectivity index (χ2v) is 6.65. The number of aromatic nitrogens is 1. The highest BCUT2D eigenvalue weighted by Crippen LogP contribution is 2.35. The number of hydrogen-bond acceptors (Lipinski definition) is 2. The Balaban J connectivity index is 2.14. The molecular weight excluding hydrogens is 429 g/mol. The molecule has 0 bridgehead atoms. The van der Waals surface area contributed by atoms with E-state index >= 15 is 0 Å². The molecule has 100 valence electrons. The van der Waals surface area contributed by atoms with Crippen LogP contribution in [0.15, 0.2) is 57.5 Å². The number of hydrogen-bond donors (Lipinski definition) is 0. The third-order valence-electron chi connectivity index (χ3n) is 3.10. The maximum atomic E-state index is 5.54. The van der Waals surface area contributed by atoms with Crippen molar-refractivity contribution in [3.8, 4) is 22.5 Å².